The maximum absolute atomic E-state index is 4.89. The molecule has 0 fully saturated rings. The van der Waals surface area contributed by atoms with Gasteiger partial charge in [-0.2, -0.15) is 0 Å². The van der Waals surface area contributed by atoms with Gasteiger partial charge in [-0.25, -0.2) is 15.0 Å². The van der Waals surface area contributed by atoms with Gasteiger partial charge in [0.1, 0.15) is 0 Å². The van der Waals surface area contributed by atoms with E-state index in [2.05, 4.69) is 78.5 Å². The quantitative estimate of drug-likeness (QED) is 0.241. The van der Waals surface area contributed by atoms with E-state index in [4.69, 9.17) is 15.0 Å². The molecule has 5 rings (SSSR count). The predicted molar refractivity (Wildman–Crippen MR) is 146 cm³/mol. The minimum atomic E-state index is 0.615. The standard InChI is InChI=1S/C30H22BrN3/c1-4-20-10-12-24(16-21(20)5-2)28-32-29(25-13-11-22-8-6-7-9-23(22)17-25)34-30(33-28)26-14-19(3)15-27(31)18-26/h4-18H,1-2H2,3H3. The first-order valence-corrected chi connectivity index (χ1v) is 11.8. The predicted octanol–water partition coefficient (Wildman–Crippen LogP) is 8.38. The van der Waals surface area contributed by atoms with Crippen molar-refractivity contribution in [3.8, 4) is 34.2 Å². The van der Waals surface area contributed by atoms with E-state index >= 15 is 0 Å². The molecule has 0 saturated heterocycles. The van der Waals surface area contributed by atoms with Crippen LogP contribution in [-0.4, -0.2) is 15.0 Å². The first-order chi connectivity index (χ1) is 16.5. The first-order valence-electron chi connectivity index (χ1n) is 11.0. The van der Waals surface area contributed by atoms with E-state index in [1.165, 1.54) is 5.39 Å². The molecule has 0 saturated carbocycles. The van der Waals surface area contributed by atoms with Crippen LogP contribution in [0.25, 0.3) is 57.1 Å². The molecule has 0 spiro atoms. The summed E-state index contributed by atoms with van der Waals surface area (Å²) in [4.78, 5) is 14.6. The molecule has 0 N–H and O–H groups in total. The fourth-order valence-electron chi connectivity index (χ4n) is 4.03. The van der Waals surface area contributed by atoms with Crippen LogP contribution in [0.5, 0.6) is 0 Å². The Bertz CT molecular complexity index is 1550. The average Bonchev–Trinajstić information content (AvgIpc) is 2.87. The molecular formula is C30H22BrN3. The Hall–Kier alpha value is -3.89. The van der Waals surface area contributed by atoms with Crippen LogP contribution in [0.4, 0.5) is 0 Å². The molecular weight excluding hydrogens is 482 g/mol. The van der Waals surface area contributed by atoms with Gasteiger partial charge in [-0.3, -0.25) is 0 Å². The van der Waals surface area contributed by atoms with Crippen LogP contribution in [0.1, 0.15) is 16.7 Å². The van der Waals surface area contributed by atoms with Crippen molar-refractivity contribution in [2.45, 2.75) is 6.92 Å². The molecule has 5 aromatic rings. The smallest absolute Gasteiger partial charge is 0.164 e. The molecule has 0 aliphatic heterocycles. The number of aromatic nitrogens is 3. The van der Waals surface area contributed by atoms with E-state index in [1.54, 1.807) is 0 Å². The van der Waals surface area contributed by atoms with Crippen molar-refractivity contribution in [1.82, 2.24) is 15.0 Å². The third-order valence-corrected chi connectivity index (χ3v) is 6.19. The Morgan fingerprint density at radius 3 is 1.91 bits per heavy atom. The number of hydrogen-bond acceptors (Lipinski definition) is 3. The van der Waals surface area contributed by atoms with Crippen molar-refractivity contribution in [2.24, 2.45) is 0 Å². The highest BCUT2D eigenvalue weighted by Gasteiger charge is 2.14. The number of halogens is 1. The summed E-state index contributed by atoms with van der Waals surface area (Å²) >= 11 is 3.61. The van der Waals surface area contributed by atoms with Gasteiger partial charge < -0.3 is 0 Å². The van der Waals surface area contributed by atoms with Crippen molar-refractivity contribution in [2.75, 3.05) is 0 Å². The van der Waals surface area contributed by atoms with Crippen LogP contribution < -0.4 is 0 Å². The van der Waals surface area contributed by atoms with E-state index in [1.807, 2.05) is 48.6 Å². The average molecular weight is 504 g/mol. The Morgan fingerprint density at radius 1 is 0.618 bits per heavy atom. The minimum absolute atomic E-state index is 0.615. The zero-order valence-corrected chi connectivity index (χ0v) is 20.4. The summed E-state index contributed by atoms with van der Waals surface area (Å²) in [5.41, 5.74) is 5.91. The lowest BCUT2D eigenvalue weighted by Gasteiger charge is -2.11. The summed E-state index contributed by atoms with van der Waals surface area (Å²) in [6, 6.07) is 26.8. The number of fused-ring (bicyclic) bond motifs is 1. The van der Waals surface area contributed by atoms with Gasteiger partial charge in [-0.15, -0.1) is 0 Å². The normalized spacial score (nSPS) is 10.9. The lowest BCUT2D eigenvalue weighted by molar-refractivity contribution is 1.07. The van der Waals surface area contributed by atoms with Crippen molar-refractivity contribution in [1.29, 1.82) is 0 Å². The van der Waals surface area contributed by atoms with Gasteiger partial charge in [-0.05, 0) is 64.7 Å². The number of hydrogen-bond donors (Lipinski definition) is 0. The number of benzene rings is 4. The van der Waals surface area contributed by atoms with Gasteiger partial charge in [0.05, 0.1) is 0 Å². The van der Waals surface area contributed by atoms with Gasteiger partial charge in [0.25, 0.3) is 0 Å². The Morgan fingerprint density at radius 2 is 1.24 bits per heavy atom. The van der Waals surface area contributed by atoms with Crippen LogP contribution in [0.2, 0.25) is 0 Å². The summed E-state index contributed by atoms with van der Waals surface area (Å²) in [5.74, 6) is 1.88. The summed E-state index contributed by atoms with van der Waals surface area (Å²) in [6.45, 7) is 9.90. The number of rotatable bonds is 5. The van der Waals surface area contributed by atoms with E-state index in [9.17, 15) is 0 Å². The Balaban J connectivity index is 1.74. The van der Waals surface area contributed by atoms with E-state index in [0.717, 1.165) is 43.2 Å². The van der Waals surface area contributed by atoms with Crippen LogP contribution in [0, 0.1) is 6.92 Å². The summed E-state index contributed by atoms with van der Waals surface area (Å²) < 4.78 is 0.987. The molecule has 0 bridgehead atoms. The van der Waals surface area contributed by atoms with E-state index < -0.39 is 0 Å². The maximum Gasteiger partial charge on any atom is 0.164 e. The summed E-state index contributed by atoms with van der Waals surface area (Å²) in [5, 5.41) is 2.32. The maximum atomic E-state index is 4.89. The van der Waals surface area contributed by atoms with Crippen LogP contribution in [-0.2, 0) is 0 Å². The molecule has 4 heteroatoms. The second-order valence-electron chi connectivity index (χ2n) is 8.14. The fourth-order valence-corrected chi connectivity index (χ4v) is 4.64. The van der Waals surface area contributed by atoms with Crippen LogP contribution in [0.15, 0.2) is 96.5 Å². The van der Waals surface area contributed by atoms with E-state index in [0.29, 0.717) is 17.5 Å². The van der Waals surface area contributed by atoms with Gasteiger partial charge in [-0.1, -0.05) is 89.8 Å². The Kier molecular flexibility index (Phi) is 5.91. The molecule has 34 heavy (non-hydrogen) atoms. The summed E-state index contributed by atoms with van der Waals surface area (Å²) in [7, 11) is 0. The molecule has 3 nitrogen and oxygen atoms in total. The van der Waals surface area contributed by atoms with Gasteiger partial charge in [0, 0.05) is 21.2 Å². The summed E-state index contributed by atoms with van der Waals surface area (Å²) in [6.07, 6.45) is 3.65. The lowest BCUT2D eigenvalue weighted by atomic mass is 10.0. The van der Waals surface area contributed by atoms with Crippen LogP contribution in [0.3, 0.4) is 0 Å². The van der Waals surface area contributed by atoms with Gasteiger partial charge in [0.15, 0.2) is 17.5 Å². The van der Waals surface area contributed by atoms with Crippen molar-refractivity contribution >= 4 is 38.9 Å². The highest BCUT2D eigenvalue weighted by atomic mass is 79.9. The second-order valence-corrected chi connectivity index (χ2v) is 9.05. The third kappa shape index (κ3) is 4.33. The molecule has 0 aliphatic rings. The zero-order chi connectivity index (χ0) is 23.7. The molecule has 0 aliphatic carbocycles. The second kappa shape index (κ2) is 9.16. The largest absolute Gasteiger partial charge is 0.208 e. The highest BCUT2D eigenvalue weighted by molar-refractivity contribution is 9.10. The monoisotopic (exact) mass is 503 g/mol. The van der Waals surface area contributed by atoms with Crippen molar-refractivity contribution in [3.63, 3.8) is 0 Å². The Labute approximate surface area is 207 Å². The topological polar surface area (TPSA) is 38.7 Å². The molecule has 0 radical (unpaired) electrons. The molecule has 1 heterocycles. The molecule has 0 atom stereocenters. The van der Waals surface area contributed by atoms with Crippen molar-refractivity contribution < 1.29 is 0 Å². The molecule has 4 aromatic carbocycles. The highest BCUT2D eigenvalue weighted by Crippen LogP contribution is 2.29. The van der Waals surface area contributed by atoms with Crippen molar-refractivity contribution in [3.05, 3.63) is 113 Å². The third-order valence-electron chi connectivity index (χ3n) is 5.73. The molecule has 0 unspecified atom stereocenters. The molecule has 1 aromatic heterocycles. The fraction of sp³-hybridized carbons (Fsp3) is 0.0333. The lowest BCUT2D eigenvalue weighted by Crippen LogP contribution is -2.01. The first kappa shape index (κ1) is 21.9. The SMILES string of the molecule is C=Cc1ccc(-c2nc(-c3cc(C)cc(Br)c3)nc(-c3ccc4ccccc4c3)n2)cc1C=C. The van der Waals surface area contributed by atoms with Gasteiger partial charge >= 0.3 is 0 Å². The molecule has 0 amide bonds. The number of nitrogens with zero attached hydrogens (tertiary/aromatic N) is 3. The van der Waals surface area contributed by atoms with E-state index in [-0.39, 0.29) is 0 Å². The van der Waals surface area contributed by atoms with Gasteiger partial charge in [0.2, 0.25) is 0 Å². The minimum Gasteiger partial charge on any atom is -0.208 e. The van der Waals surface area contributed by atoms with Crippen LogP contribution >= 0.6 is 15.9 Å². The number of aryl methyl sites for hydroxylation is 1. The molecule has 164 valence electrons. The zero-order valence-electron chi connectivity index (χ0n) is 18.8.